The van der Waals surface area contributed by atoms with E-state index >= 15 is 0 Å². The predicted octanol–water partition coefficient (Wildman–Crippen LogP) is 2.97. The topological polar surface area (TPSA) is 54.4 Å². The van der Waals surface area contributed by atoms with E-state index in [1.54, 1.807) is 0 Å². The zero-order valence-corrected chi connectivity index (χ0v) is 11.0. The van der Waals surface area contributed by atoms with Gasteiger partial charge < -0.3 is 5.11 Å². The van der Waals surface area contributed by atoms with Gasteiger partial charge in [0.2, 0.25) is 0 Å². The number of carbonyl (C=O) groups excluding carboxylic acids is 1. The molecule has 1 saturated carbocycles. The molecule has 0 amide bonds. The zero-order valence-electron chi connectivity index (χ0n) is 11.0. The van der Waals surface area contributed by atoms with Gasteiger partial charge in [0.1, 0.15) is 5.78 Å². The predicted molar refractivity (Wildman–Crippen MR) is 69.1 cm³/mol. The minimum absolute atomic E-state index is 0.00185. The second kappa shape index (κ2) is 4.38. The van der Waals surface area contributed by atoms with Crippen molar-refractivity contribution in [3.63, 3.8) is 0 Å². The second-order valence-corrected chi connectivity index (χ2v) is 5.81. The summed E-state index contributed by atoms with van der Waals surface area (Å²) in [6, 6.07) is 0. The number of hydrogen-bond donors (Lipinski definition) is 1. The van der Waals surface area contributed by atoms with Crippen molar-refractivity contribution in [2.45, 2.75) is 39.5 Å². The smallest absolute Gasteiger partial charge is 0.331 e. The first-order valence-corrected chi connectivity index (χ1v) is 6.50. The number of allylic oxidation sites excluding steroid dienone is 2. The average Bonchev–Trinajstić information content (AvgIpc) is 2.33. The van der Waals surface area contributed by atoms with Crippen LogP contribution < -0.4 is 0 Å². The average molecular weight is 248 g/mol. The maximum atomic E-state index is 11.9. The van der Waals surface area contributed by atoms with Gasteiger partial charge in [0, 0.05) is 17.9 Å². The molecule has 0 heterocycles. The van der Waals surface area contributed by atoms with E-state index in [2.05, 4.69) is 19.6 Å². The number of carboxylic acids is 1. The summed E-state index contributed by atoms with van der Waals surface area (Å²) >= 11 is 0. The van der Waals surface area contributed by atoms with Crippen molar-refractivity contribution in [3.8, 4) is 0 Å². The van der Waals surface area contributed by atoms with Crippen molar-refractivity contribution >= 4 is 11.8 Å². The van der Waals surface area contributed by atoms with E-state index < -0.39 is 5.97 Å². The highest BCUT2D eigenvalue weighted by Gasteiger charge is 2.45. The molecular formula is C15H20O3. The molecule has 0 radical (unpaired) electrons. The molecule has 0 bridgehead atoms. The number of rotatable bonds is 2. The summed E-state index contributed by atoms with van der Waals surface area (Å²) in [5, 5.41) is 9.05. The molecule has 0 saturated heterocycles. The highest BCUT2D eigenvalue weighted by molar-refractivity contribution is 5.87. The van der Waals surface area contributed by atoms with Crippen molar-refractivity contribution in [2.24, 2.45) is 17.3 Å². The minimum Gasteiger partial charge on any atom is -0.478 e. The van der Waals surface area contributed by atoms with Gasteiger partial charge in [-0.3, -0.25) is 4.79 Å². The molecule has 0 aromatic rings. The van der Waals surface area contributed by atoms with Crippen molar-refractivity contribution in [3.05, 3.63) is 23.8 Å². The number of fused-ring (bicyclic) bond motifs is 1. The summed E-state index contributed by atoms with van der Waals surface area (Å²) in [5.41, 5.74) is 1.46. The van der Waals surface area contributed by atoms with E-state index in [4.69, 9.17) is 5.11 Å². The van der Waals surface area contributed by atoms with Crippen LogP contribution in [0.2, 0.25) is 0 Å². The Hall–Kier alpha value is -1.38. The van der Waals surface area contributed by atoms with Crippen molar-refractivity contribution in [1.82, 2.24) is 0 Å². The number of ketones is 1. The highest BCUT2D eigenvalue weighted by Crippen LogP contribution is 2.52. The first-order chi connectivity index (χ1) is 8.36. The molecule has 2 aliphatic carbocycles. The fourth-order valence-electron chi connectivity index (χ4n) is 3.38. The van der Waals surface area contributed by atoms with Gasteiger partial charge in [0.15, 0.2) is 0 Å². The molecular weight excluding hydrogens is 228 g/mol. The molecule has 0 unspecified atom stereocenters. The summed E-state index contributed by atoms with van der Waals surface area (Å²) in [4.78, 5) is 22.9. The highest BCUT2D eigenvalue weighted by atomic mass is 16.4. The molecule has 0 aromatic carbocycles. The number of hydrogen-bond acceptors (Lipinski definition) is 2. The van der Waals surface area contributed by atoms with Crippen LogP contribution in [0.4, 0.5) is 0 Å². The van der Waals surface area contributed by atoms with Gasteiger partial charge >= 0.3 is 5.97 Å². The van der Waals surface area contributed by atoms with Crippen LogP contribution in [0.15, 0.2) is 23.8 Å². The lowest BCUT2D eigenvalue weighted by atomic mass is 9.57. The van der Waals surface area contributed by atoms with E-state index in [-0.39, 0.29) is 23.0 Å². The van der Waals surface area contributed by atoms with Crippen LogP contribution in [0.5, 0.6) is 0 Å². The van der Waals surface area contributed by atoms with Crippen LogP contribution in [0.25, 0.3) is 0 Å². The SMILES string of the molecule is C=C(C(=O)O)[C@@H]1CCC2=CCC(=O)[C@H](C)[C@@]2(C)C1. The number of carbonyl (C=O) groups is 2. The fourth-order valence-corrected chi connectivity index (χ4v) is 3.38. The van der Waals surface area contributed by atoms with Crippen LogP contribution in [-0.4, -0.2) is 16.9 Å². The summed E-state index contributed by atoms with van der Waals surface area (Å²) in [7, 11) is 0. The maximum absolute atomic E-state index is 11.9. The number of carboxylic acid groups (broad SMARTS) is 1. The number of aliphatic carboxylic acids is 1. The lowest BCUT2D eigenvalue weighted by Gasteiger charge is -2.46. The largest absolute Gasteiger partial charge is 0.478 e. The van der Waals surface area contributed by atoms with Crippen molar-refractivity contribution in [2.75, 3.05) is 0 Å². The first-order valence-electron chi connectivity index (χ1n) is 6.50. The Morgan fingerprint density at radius 1 is 1.56 bits per heavy atom. The molecule has 2 rings (SSSR count). The normalized spacial score (nSPS) is 35.7. The molecule has 2 aliphatic rings. The molecule has 18 heavy (non-hydrogen) atoms. The molecule has 1 fully saturated rings. The van der Waals surface area contributed by atoms with Crippen LogP contribution in [0.1, 0.15) is 39.5 Å². The van der Waals surface area contributed by atoms with Crippen LogP contribution in [-0.2, 0) is 9.59 Å². The molecule has 3 nitrogen and oxygen atoms in total. The summed E-state index contributed by atoms with van der Waals surface area (Å²) < 4.78 is 0. The quantitative estimate of drug-likeness (QED) is 0.603. The van der Waals surface area contributed by atoms with E-state index in [1.165, 1.54) is 5.57 Å². The molecule has 0 aromatic heterocycles. The number of Topliss-reactive ketones (excluding diaryl/α,β-unsaturated/α-hetero) is 1. The van der Waals surface area contributed by atoms with Crippen molar-refractivity contribution in [1.29, 1.82) is 0 Å². The third-order valence-electron chi connectivity index (χ3n) is 4.92. The van der Waals surface area contributed by atoms with E-state index in [1.807, 2.05) is 6.92 Å². The third-order valence-corrected chi connectivity index (χ3v) is 4.92. The third kappa shape index (κ3) is 1.92. The summed E-state index contributed by atoms with van der Waals surface area (Å²) in [6.07, 6.45) is 5.06. The lowest BCUT2D eigenvalue weighted by molar-refractivity contribution is -0.133. The van der Waals surface area contributed by atoms with Gasteiger partial charge in [0.25, 0.3) is 0 Å². The van der Waals surface area contributed by atoms with Gasteiger partial charge in [-0.25, -0.2) is 4.79 Å². The lowest BCUT2D eigenvalue weighted by Crippen LogP contribution is -2.41. The monoisotopic (exact) mass is 248 g/mol. The van der Waals surface area contributed by atoms with Crippen LogP contribution in [0, 0.1) is 17.3 Å². The Kier molecular flexibility index (Phi) is 3.18. The molecule has 3 atom stereocenters. The standard InChI is InChI=1S/C15H20O3/c1-9(14(17)18)11-4-5-12-6-7-13(16)10(2)15(12,3)8-11/h6,10-11H,1,4-5,7-8H2,2-3H3,(H,17,18)/t10-,11+,15+/m0/s1. The summed E-state index contributed by atoms with van der Waals surface area (Å²) in [5.74, 6) is -0.659. The van der Waals surface area contributed by atoms with Crippen LogP contribution in [0.3, 0.4) is 0 Å². The Morgan fingerprint density at radius 2 is 2.22 bits per heavy atom. The van der Waals surface area contributed by atoms with Gasteiger partial charge in [-0.05, 0) is 30.6 Å². The zero-order chi connectivity index (χ0) is 13.5. The van der Waals surface area contributed by atoms with E-state index in [9.17, 15) is 9.59 Å². The van der Waals surface area contributed by atoms with Crippen LogP contribution >= 0.6 is 0 Å². The molecule has 0 spiro atoms. The van der Waals surface area contributed by atoms with E-state index in [0.717, 1.165) is 19.3 Å². The van der Waals surface area contributed by atoms with Gasteiger partial charge in [-0.1, -0.05) is 32.1 Å². The van der Waals surface area contributed by atoms with Gasteiger partial charge in [-0.15, -0.1) is 0 Å². The Labute approximate surface area is 108 Å². The molecule has 3 heteroatoms. The van der Waals surface area contributed by atoms with Gasteiger partial charge in [0.05, 0.1) is 0 Å². The Bertz CT molecular complexity index is 447. The molecule has 98 valence electrons. The maximum Gasteiger partial charge on any atom is 0.331 e. The Morgan fingerprint density at radius 3 is 2.83 bits per heavy atom. The first kappa shape index (κ1) is 13.1. The fraction of sp³-hybridized carbons (Fsp3) is 0.600. The van der Waals surface area contributed by atoms with E-state index in [0.29, 0.717) is 12.0 Å². The minimum atomic E-state index is -0.911. The van der Waals surface area contributed by atoms with Crippen molar-refractivity contribution < 1.29 is 14.7 Å². The molecule has 1 N–H and O–H groups in total. The second-order valence-electron chi connectivity index (χ2n) is 5.81. The Balaban J connectivity index is 2.27. The summed E-state index contributed by atoms with van der Waals surface area (Å²) in [6.45, 7) is 7.76. The molecule has 0 aliphatic heterocycles. The van der Waals surface area contributed by atoms with Gasteiger partial charge in [-0.2, -0.15) is 0 Å².